The first-order valence-electron chi connectivity index (χ1n) is 11.9. The number of aliphatic hydroxyl groups is 1. The molecule has 0 bridgehead atoms. The molecule has 1 unspecified atom stereocenters. The van der Waals surface area contributed by atoms with Crippen molar-refractivity contribution in [2.24, 2.45) is 0 Å². The number of anilines is 3. The van der Waals surface area contributed by atoms with Crippen molar-refractivity contribution in [2.45, 2.75) is 51.2 Å². The fraction of sp³-hybridized carbons (Fsp3) is 0.500. The normalized spacial score (nSPS) is 18.3. The summed E-state index contributed by atoms with van der Waals surface area (Å²) >= 11 is 0. The van der Waals surface area contributed by atoms with Crippen molar-refractivity contribution < 1.29 is 9.84 Å². The number of nitrogens with zero attached hydrogens (tertiary/aromatic N) is 5. The Hall–Kier alpha value is -3.04. The van der Waals surface area contributed by atoms with Gasteiger partial charge in [-0.3, -0.25) is 0 Å². The van der Waals surface area contributed by atoms with Crippen LogP contribution in [0.3, 0.4) is 0 Å². The van der Waals surface area contributed by atoms with Gasteiger partial charge in [-0.1, -0.05) is 0 Å². The molecule has 0 aromatic carbocycles. The summed E-state index contributed by atoms with van der Waals surface area (Å²) in [6, 6.07) is 5.67. The average molecular weight is 450 g/mol. The van der Waals surface area contributed by atoms with Crippen LogP contribution in [0.5, 0.6) is 5.75 Å². The van der Waals surface area contributed by atoms with E-state index in [0.717, 1.165) is 74.3 Å². The molecule has 3 N–H and O–H groups in total. The topological polar surface area (TPSA) is 108 Å². The summed E-state index contributed by atoms with van der Waals surface area (Å²) in [5, 5.41) is 17.5. The van der Waals surface area contributed by atoms with Crippen molar-refractivity contribution in [1.82, 2.24) is 25.3 Å². The summed E-state index contributed by atoms with van der Waals surface area (Å²) in [5.74, 6) is 2.70. The molecule has 3 aromatic rings. The highest BCUT2D eigenvalue weighted by Gasteiger charge is 2.19. The molecule has 0 amide bonds. The van der Waals surface area contributed by atoms with Gasteiger partial charge in [0.2, 0.25) is 5.95 Å². The van der Waals surface area contributed by atoms with Crippen LogP contribution >= 0.6 is 0 Å². The maximum atomic E-state index is 10.1. The van der Waals surface area contributed by atoms with Gasteiger partial charge in [-0.05, 0) is 70.3 Å². The molecule has 3 aromatic heterocycles. The van der Waals surface area contributed by atoms with E-state index in [0.29, 0.717) is 17.5 Å². The number of pyridine rings is 2. The first-order valence-corrected chi connectivity index (χ1v) is 11.9. The van der Waals surface area contributed by atoms with Crippen molar-refractivity contribution in [3.05, 3.63) is 36.3 Å². The smallest absolute Gasteiger partial charge is 0.229 e. The van der Waals surface area contributed by atoms with Gasteiger partial charge in [0.05, 0.1) is 18.0 Å². The van der Waals surface area contributed by atoms with E-state index in [1.54, 1.807) is 19.3 Å². The molecular weight excluding hydrogens is 418 g/mol. The SMILES string of the molecule is CC(O)c1cc2cnc(Nc3ccc(OC4CCNCC4)cn3)nc2c(N2CCCCC2)n1. The average Bonchev–Trinajstić information content (AvgIpc) is 2.86. The number of aliphatic hydroxyl groups excluding tert-OH is 1. The molecule has 0 spiro atoms. The molecule has 33 heavy (non-hydrogen) atoms. The van der Waals surface area contributed by atoms with Gasteiger partial charge < -0.3 is 25.4 Å². The summed E-state index contributed by atoms with van der Waals surface area (Å²) < 4.78 is 6.04. The fourth-order valence-corrected chi connectivity index (χ4v) is 4.39. The summed E-state index contributed by atoms with van der Waals surface area (Å²) in [6.45, 7) is 5.60. The van der Waals surface area contributed by atoms with E-state index in [2.05, 4.69) is 25.5 Å². The zero-order valence-corrected chi connectivity index (χ0v) is 19.0. The van der Waals surface area contributed by atoms with Gasteiger partial charge in [0.15, 0.2) is 5.82 Å². The lowest BCUT2D eigenvalue weighted by molar-refractivity contribution is 0.162. The molecule has 9 nitrogen and oxygen atoms in total. The van der Waals surface area contributed by atoms with Crippen LogP contribution in [0, 0.1) is 0 Å². The van der Waals surface area contributed by atoms with Gasteiger partial charge in [0, 0.05) is 24.7 Å². The second kappa shape index (κ2) is 9.84. The van der Waals surface area contributed by atoms with Crippen LogP contribution in [0.15, 0.2) is 30.6 Å². The first kappa shape index (κ1) is 21.8. The molecule has 1 atom stereocenters. The number of hydrogen-bond acceptors (Lipinski definition) is 9. The Bertz CT molecular complexity index is 1080. The Morgan fingerprint density at radius 3 is 2.64 bits per heavy atom. The van der Waals surface area contributed by atoms with E-state index in [9.17, 15) is 5.11 Å². The monoisotopic (exact) mass is 449 g/mol. The first-order chi connectivity index (χ1) is 16.2. The third-order valence-electron chi connectivity index (χ3n) is 6.22. The Morgan fingerprint density at radius 1 is 1.09 bits per heavy atom. The number of rotatable bonds is 6. The standard InChI is InChI=1S/C24H31N7O2/c1-16(32)20-13-17-14-27-24(30-22(17)23(28-20)31-11-3-2-4-12-31)29-21-6-5-19(15-26-21)33-18-7-9-25-10-8-18/h5-6,13-16,18,25,32H,2-4,7-12H2,1H3,(H,26,27,29,30). The van der Waals surface area contributed by atoms with Gasteiger partial charge in [0.25, 0.3) is 0 Å². The zero-order chi connectivity index (χ0) is 22.6. The van der Waals surface area contributed by atoms with Gasteiger partial charge in [-0.25, -0.2) is 19.9 Å². The molecule has 174 valence electrons. The number of nitrogens with one attached hydrogen (secondary N) is 2. The number of ether oxygens (including phenoxy) is 1. The van der Waals surface area contributed by atoms with Crippen LogP contribution in [0.4, 0.5) is 17.6 Å². The van der Waals surface area contributed by atoms with Crippen LogP contribution in [-0.4, -0.2) is 57.3 Å². The molecule has 2 fully saturated rings. The summed E-state index contributed by atoms with van der Waals surface area (Å²) in [5.41, 5.74) is 1.42. The van der Waals surface area contributed by atoms with Crippen molar-refractivity contribution in [3.63, 3.8) is 0 Å². The largest absolute Gasteiger partial charge is 0.489 e. The van der Waals surface area contributed by atoms with E-state index >= 15 is 0 Å². The minimum atomic E-state index is -0.648. The molecule has 0 aliphatic carbocycles. The van der Waals surface area contributed by atoms with Gasteiger partial charge >= 0.3 is 0 Å². The highest BCUT2D eigenvalue weighted by Crippen LogP contribution is 2.29. The Balaban J connectivity index is 1.37. The van der Waals surface area contributed by atoms with Crippen LogP contribution in [-0.2, 0) is 0 Å². The molecule has 0 radical (unpaired) electrons. The minimum Gasteiger partial charge on any atom is -0.489 e. The third-order valence-corrected chi connectivity index (χ3v) is 6.22. The van der Waals surface area contributed by atoms with Crippen LogP contribution in [0.2, 0.25) is 0 Å². The number of hydrogen-bond donors (Lipinski definition) is 3. The Labute approximate surface area is 193 Å². The quantitative estimate of drug-likeness (QED) is 0.522. The van der Waals surface area contributed by atoms with Crippen molar-refractivity contribution >= 4 is 28.5 Å². The van der Waals surface area contributed by atoms with Crippen LogP contribution < -0.4 is 20.3 Å². The molecule has 2 aliphatic heterocycles. The molecular formula is C24H31N7O2. The van der Waals surface area contributed by atoms with Crippen molar-refractivity contribution in [1.29, 1.82) is 0 Å². The Kier molecular flexibility index (Phi) is 6.50. The maximum Gasteiger partial charge on any atom is 0.229 e. The van der Waals surface area contributed by atoms with Gasteiger partial charge in [0.1, 0.15) is 23.2 Å². The van der Waals surface area contributed by atoms with E-state index < -0.39 is 6.10 Å². The van der Waals surface area contributed by atoms with Crippen molar-refractivity contribution in [2.75, 3.05) is 36.4 Å². The van der Waals surface area contributed by atoms with E-state index in [4.69, 9.17) is 14.7 Å². The molecule has 9 heteroatoms. The number of fused-ring (bicyclic) bond motifs is 1. The second-order valence-electron chi connectivity index (χ2n) is 8.80. The second-order valence-corrected chi connectivity index (χ2v) is 8.80. The van der Waals surface area contributed by atoms with E-state index in [-0.39, 0.29) is 6.10 Å². The highest BCUT2D eigenvalue weighted by molar-refractivity contribution is 5.89. The minimum absolute atomic E-state index is 0.239. The van der Waals surface area contributed by atoms with Gasteiger partial charge in [-0.2, -0.15) is 0 Å². The van der Waals surface area contributed by atoms with Crippen LogP contribution in [0.1, 0.15) is 50.8 Å². The Morgan fingerprint density at radius 2 is 1.91 bits per heavy atom. The maximum absolute atomic E-state index is 10.1. The zero-order valence-electron chi connectivity index (χ0n) is 19.0. The van der Waals surface area contributed by atoms with E-state index in [1.165, 1.54) is 6.42 Å². The predicted octanol–water partition coefficient (Wildman–Crippen LogP) is 3.34. The highest BCUT2D eigenvalue weighted by atomic mass is 16.5. The molecule has 0 saturated carbocycles. The number of aromatic nitrogens is 4. The lowest BCUT2D eigenvalue weighted by atomic mass is 10.1. The van der Waals surface area contributed by atoms with Crippen LogP contribution in [0.25, 0.3) is 10.9 Å². The van der Waals surface area contributed by atoms with Crippen molar-refractivity contribution in [3.8, 4) is 5.75 Å². The van der Waals surface area contributed by atoms with E-state index in [1.807, 2.05) is 18.2 Å². The predicted molar refractivity (Wildman–Crippen MR) is 128 cm³/mol. The third kappa shape index (κ3) is 5.15. The lowest BCUT2D eigenvalue weighted by Crippen LogP contribution is -2.34. The molecule has 5 rings (SSSR count). The van der Waals surface area contributed by atoms with Gasteiger partial charge in [-0.15, -0.1) is 0 Å². The molecule has 2 saturated heterocycles. The number of piperidine rings is 2. The molecule has 5 heterocycles. The summed E-state index contributed by atoms with van der Waals surface area (Å²) in [7, 11) is 0. The lowest BCUT2D eigenvalue weighted by Gasteiger charge is -2.29. The summed E-state index contributed by atoms with van der Waals surface area (Å²) in [6.07, 6.45) is 8.62. The molecule has 2 aliphatic rings. The summed E-state index contributed by atoms with van der Waals surface area (Å²) in [4.78, 5) is 20.8. The fourth-order valence-electron chi connectivity index (χ4n) is 4.39.